The quantitative estimate of drug-likeness (QED) is 0.411. The van der Waals surface area contributed by atoms with Gasteiger partial charge in [0.05, 0.1) is 0 Å². The van der Waals surface area contributed by atoms with Gasteiger partial charge in [-0.25, -0.2) is 0 Å². The van der Waals surface area contributed by atoms with Crippen molar-refractivity contribution in [1.29, 1.82) is 0 Å². The Morgan fingerprint density at radius 1 is 1.58 bits per heavy atom. The molecule has 0 aromatic rings. The number of allylic oxidation sites excluding steroid dienone is 2. The number of hydrogen-bond acceptors (Lipinski definition) is 2. The molecule has 64 valence electrons. The van der Waals surface area contributed by atoms with E-state index in [2.05, 4.69) is 0 Å². The summed E-state index contributed by atoms with van der Waals surface area (Å²) < 4.78 is 0. The van der Waals surface area contributed by atoms with E-state index in [-0.39, 0.29) is 57.8 Å². The van der Waals surface area contributed by atoms with Crippen molar-refractivity contribution in [1.82, 2.24) is 0 Å². The summed E-state index contributed by atoms with van der Waals surface area (Å²) in [6, 6.07) is 0. The van der Waals surface area contributed by atoms with Crippen LogP contribution < -0.4 is 56.5 Å². The van der Waals surface area contributed by atoms with Gasteiger partial charge in [0.15, 0.2) is 0 Å². The van der Waals surface area contributed by atoms with Crippen LogP contribution in [0.1, 0.15) is 32.6 Å². The molecule has 0 heterocycles. The molecule has 0 radical (unpaired) electrons. The Hall–Kier alpha value is 1.14. The Bertz CT molecular complexity index is 157. The van der Waals surface area contributed by atoms with Crippen molar-refractivity contribution in [3.05, 3.63) is 11.1 Å². The first-order chi connectivity index (χ1) is 5.16. The van der Waals surface area contributed by atoms with Gasteiger partial charge in [-0.15, -0.1) is 0 Å². The molecule has 12 heavy (non-hydrogen) atoms. The van der Waals surface area contributed by atoms with Gasteiger partial charge in [0.1, 0.15) is 0 Å². The Labute approximate surface area is 121 Å². The maximum absolute atomic E-state index is 9.95. The van der Waals surface area contributed by atoms with Crippen LogP contribution in [0.4, 0.5) is 0 Å². The van der Waals surface area contributed by atoms with Crippen LogP contribution in [0.5, 0.6) is 0 Å². The number of carbonyl (C=O) groups excluding carboxylic acids is 1. The smallest absolute Gasteiger partial charge is 0.550 e. The van der Waals surface area contributed by atoms with Gasteiger partial charge in [0.2, 0.25) is 0 Å². The standard InChI is InChI=1S/C8H13ClO2.K/c1-2-7(9)5-3-4-6-8(10)11;/h5H,2-4,6H2,1H3,(H,10,11);/q;+1/p-1/b7-5-;. The van der Waals surface area contributed by atoms with Gasteiger partial charge in [-0.1, -0.05) is 24.6 Å². The Balaban J connectivity index is 0. The Morgan fingerprint density at radius 3 is 2.58 bits per heavy atom. The Morgan fingerprint density at radius 2 is 2.17 bits per heavy atom. The molecule has 0 fully saturated rings. The maximum Gasteiger partial charge on any atom is 1.00 e. The summed E-state index contributed by atoms with van der Waals surface area (Å²) in [5, 5.41) is 10.7. The summed E-state index contributed by atoms with van der Waals surface area (Å²) in [7, 11) is 0. The Kier molecular flexibility index (Phi) is 13.3. The third kappa shape index (κ3) is 11.1. The predicted octanol–water partition coefficient (Wildman–Crippen LogP) is -1.56. The number of aliphatic carboxylic acids is 1. The second-order valence-electron chi connectivity index (χ2n) is 2.27. The number of unbranched alkanes of at least 4 members (excludes halogenated alkanes) is 1. The average molecular weight is 215 g/mol. The van der Waals surface area contributed by atoms with Crippen LogP contribution in [0.25, 0.3) is 0 Å². The molecular formula is C8H12ClKO2. The van der Waals surface area contributed by atoms with Crippen molar-refractivity contribution < 1.29 is 61.3 Å². The van der Waals surface area contributed by atoms with Gasteiger partial charge in [-0.2, -0.15) is 0 Å². The molecule has 0 saturated carbocycles. The number of halogens is 1. The van der Waals surface area contributed by atoms with Crippen LogP contribution >= 0.6 is 11.6 Å². The van der Waals surface area contributed by atoms with Gasteiger partial charge < -0.3 is 9.90 Å². The summed E-state index contributed by atoms with van der Waals surface area (Å²) in [6.07, 6.45) is 4.11. The van der Waals surface area contributed by atoms with Crippen molar-refractivity contribution in [2.45, 2.75) is 32.6 Å². The van der Waals surface area contributed by atoms with Gasteiger partial charge >= 0.3 is 51.4 Å². The fraction of sp³-hybridized carbons (Fsp3) is 0.625. The minimum atomic E-state index is -0.994. The number of rotatable bonds is 5. The molecule has 2 nitrogen and oxygen atoms in total. The van der Waals surface area contributed by atoms with E-state index in [1.54, 1.807) is 0 Å². The van der Waals surface area contributed by atoms with E-state index in [1.165, 1.54) is 0 Å². The van der Waals surface area contributed by atoms with Crippen LogP contribution in [0.2, 0.25) is 0 Å². The van der Waals surface area contributed by atoms with Crippen LogP contribution in [-0.2, 0) is 4.79 Å². The summed E-state index contributed by atoms with van der Waals surface area (Å²) >= 11 is 5.68. The molecule has 4 heteroatoms. The van der Waals surface area contributed by atoms with Gasteiger partial charge in [0, 0.05) is 11.0 Å². The van der Waals surface area contributed by atoms with Crippen LogP contribution in [0, 0.1) is 0 Å². The zero-order valence-corrected chi connectivity index (χ0v) is 11.5. The minimum Gasteiger partial charge on any atom is -0.550 e. The van der Waals surface area contributed by atoms with Gasteiger partial charge in [0.25, 0.3) is 0 Å². The summed E-state index contributed by atoms with van der Waals surface area (Å²) in [5.41, 5.74) is 0. The second kappa shape index (κ2) is 10.2. The molecule has 0 amide bonds. The third-order valence-corrected chi connectivity index (χ3v) is 1.71. The number of carbonyl (C=O) groups is 1. The SMILES string of the molecule is CC/C(Cl)=C/CCCC(=O)[O-].[K+]. The number of carboxylic acid groups (broad SMARTS) is 1. The molecule has 0 N–H and O–H groups in total. The summed E-state index contributed by atoms with van der Waals surface area (Å²) in [6.45, 7) is 1.96. The summed E-state index contributed by atoms with van der Waals surface area (Å²) in [5.74, 6) is -0.994. The fourth-order valence-corrected chi connectivity index (χ4v) is 0.759. The first kappa shape index (κ1) is 15.6. The van der Waals surface area contributed by atoms with Crippen molar-refractivity contribution in [3.8, 4) is 0 Å². The molecular weight excluding hydrogens is 203 g/mol. The molecule has 0 aromatic carbocycles. The largest absolute Gasteiger partial charge is 1.00 e. The van der Waals surface area contributed by atoms with E-state index in [0.717, 1.165) is 17.9 Å². The molecule has 0 rings (SSSR count). The monoisotopic (exact) mass is 214 g/mol. The normalized spacial score (nSPS) is 10.7. The van der Waals surface area contributed by atoms with E-state index >= 15 is 0 Å². The van der Waals surface area contributed by atoms with Gasteiger partial charge in [-0.05, 0) is 25.7 Å². The van der Waals surface area contributed by atoms with E-state index in [1.807, 2.05) is 13.0 Å². The van der Waals surface area contributed by atoms with Crippen molar-refractivity contribution in [2.75, 3.05) is 0 Å². The zero-order chi connectivity index (χ0) is 8.69. The van der Waals surface area contributed by atoms with Crippen molar-refractivity contribution >= 4 is 17.6 Å². The first-order valence-electron chi connectivity index (χ1n) is 3.71. The van der Waals surface area contributed by atoms with Crippen LogP contribution in [-0.4, -0.2) is 5.97 Å². The summed E-state index contributed by atoms with van der Waals surface area (Å²) in [4.78, 5) is 9.95. The minimum absolute atomic E-state index is 0. The molecule has 0 spiro atoms. The molecule has 0 saturated heterocycles. The predicted molar refractivity (Wildman–Crippen MR) is 43.1 cm³/mol. The molecule has 0 aliphatic heterocycles. The fourth-order valence-electron chi connectivity index (χ4n) is 0.649. The number of hydrogen-bond donors (Lipinski definition) is 0. The molecule has 0 aromatic heterocycles. The van der Waals surface area contributed by atoms with E-state index < -0.39 is 5.97 Å². The van der Waals surface area contributed by atoms with Gasteiger partial charge in [-0.3, -0.25) is 0 Å². The number of carboxylic acids is 1. The molecule has 0 aliphatic carbocycles. The molecule has 0 aliphatic rings. The average Bonchev–Trinajstić information content (AvgIpc) is 1.97. The molecule has 0 bridgehead atoms. The van der Waals surface area contributed by atoms with Crippen molar-refractivity contribution in [3.63, 3.8) is 0 Å². The first-order valence-corrected chi connectivity index (χ1v) is 4.09. The third-order valence-electron chi connectivity index (χ3n) is 1.29. The van der Waals surface area contributed by atoms with Crippen LogP contribution in [0.15, 0.2) is 11.1 Å². The topological polar surface area (TPSA) is 40.1 Å². The van der Waals surface area contributed by atoms with Crippen molar-refractivity contribution in [2.24, 2.45) is 0 Å². The maximum atomic E-state index is 9.95. The van der Waals surface area contributed by atoms with Crippen LogP contribution in [0.3, 0.4) is 0 Å². The molecule has 0 unspecified atom stereocenters. The zero-order valence-electron chi connectivity index (χ0n) is 7.60. The van der Waals surface area contributed by atoms with E-state index in [4.69, 9.17) is 11.6 Å². The van der Waals surface area contributed by atoms with E-state index in [0.29, 0.717) is 6.42 Å². The molecule has 0 atom stereocenters. The second-order valence-corrected chi connectivity index (χ2v) is 2.75. The van der Waals surface area contributed by atoms with E-state index in [9.17, 15) is 9.90 Å².